The molecule has 5 nitrogen and oxygen atoms in total. The third-order valence-electron chi connectivity index (χ3n) is 4.76. The van der Waals surface area contributed by atoms with Crippen molar-refractivity contribution in [3.05, 3.63) is 53.1 Å². The standard InChI is InChI=1S/C21H21ClN2O3S/c1-14-4-2-5-16(12-14)26-13-19(25)24-10-8-15(9-11-24)27-21-23-20-17(22)6-3-7-18(20)28-21/h2-7,12,15H,8-11,13H2,1H3. The van der Waals surface area contributed by atoms with Gasteiger partial charge in [-0.3, -0.25) is 4.79 Å². The molecule has 1 aliphatic rings. The number of ether oxygens (including phenoxy) is 2. The number of nitrogens with zero attached hydrogens (tertiary/aromatic N) is 2. The Kier molecular flexibility index (Phi) is 5.69. The molecular formula is C21H21ClN2O3S. The van der Waals surface area contributed by atoms with Gasteiger partial charge in [-0.05, 0) is 36.8 Å². The number of aromatic nitrogens is 1. The van der Waals surface area contributed by atoms with Gasteiger partial charge in [-0.15, -0.1) is 0 Å². The summed E-state index contributed by atoms with van der Waals surface area (Å²) < 4.78 is 12.7. The van der Waals surface area contributed by atoms with Crippen molar-refractivity contribution in [3.8, 4) is 10.9 Å². The van der Waals surface area contributed by atoms with Crippen LogP contribution in [0.1, 0.15) is 18.4 Å². The summed E-state index contributed by atoms with van der Waals surface area (Å²) in [6.07, 6.45) is 1.61. The van der Waals surface area contributed by atoms with E-state index in [0.29, 0.717) is 23.3 Å². The van der Waals surface area contributed by atoms with Gasteiger partial charge in [0.05, 0.1) is 9.72 Å². The number of para-hydroxylation sites is 1. The third-order valence-corrected chi connectivity index (χ3v) is 5.98. The van der Waals surface area contributed by atoms with E-state index >= 15 is 0 Å². The van der Waals surface area contributed by atoms with Crippen LogP contribution in [0, 0.1) is 6.92 Å². The molecule has 0 unspecified atom stereocenters. The summed E-state index contributed by atoms with van der Waals surface area (Å²) in [6.45, 7) is 3.38. The number of rotatable bonds is 5. The Balaban J connectivity index is 1.27. The van der Waals surface area contributed by atoms with Gasteiger partial charge in [0.1, 0.15) is 17.4 Å². The number of halogens is 1. The fourth-order valence-electron chi connectivity index (χ4n) is 3.25. The highest BCUT2D eigenvalue weighted by Crippen LogP contribution is 2.33. The van der Waals surface area contributed by atoms with E-state index in [9.17, 15) is 4.79 Å². The van der Waals surface area contributed by atoms with Crippen molar-refractivity contribution in [2.75, 3.05) is 19.7 Å². The Morgan fingerprint density at radius 1 is 1.25 bits per heavy atom. The fraction of sp³-hybridized carbons (Fsp3) is 0.333. The molecule has 0 radical (unpaired) electrons. The van der Waals surface area contributed by atoms with Crippen molar-refractivity contribution < 1.29 is 14.3 Å². The smallest absolute Gasteiger partial charge is 0.274 e. The summed E-state index contributed by atoms with van der Waals surface area (Å²) in [6, 6.07) is 13.4. The van der Waals surface area contributed by atoms with Gasteiger partial charge in [0.25, 0.3) is 11.1 Å². The largest absolute Gasteiger partial charge is 0.484 e. The number of thiazole rings is 1. The van der Waals surface area contributed by atoms with E-state index in [1.54, 1.807) is 0 Å². The highest BCUT2D eigenvalue weighted by Gasteiger charge is 2.25. The summed E-state index contributed by atoms with van der Waals surface area (Å²) >= 11 is 7.68. The molecule has 1 amide bonds. The monoisotopic (exact) mass is 416 g/mol. The van der Waals surface area contributed by atoms with Crippen LogP contribution in [-0.2, 0) is 4.79 Å². The predicted octanol–water partition coefficient (Wildman–Crippen LogP) is 4.71. The molecule has 0 N–H and O–H groups in total. The Hall–Kier alpha value is -2.31. The number of hydrogen-bond donors (Lipinski definition) is 0. The summed E-state index contributed by atoms with van der Waals surface area (Å²) in [4.78, 5) is 18.7. The summed E-state index contributed by atoms with van der Waals surface area (Å²) in [5, 5.41) is 1.27. The number of piperidine rings is 1. The molecule has 0 saturated carbocycles. The van der Waals surface area contributed by atoms with E-state index in [1.165, 1.54) is 11.3 Å². The topological polar surface area (TPSA) is 51.7 Å². The molecule has 1 saturated heterocycles. The van der Waals surface area contributed by atoms with Crippen LogP contribution in [0.25, 0.3) is 10.2 Å². The van der Waals surface area contributed by atoms with Gasteiger partial charge < -0.3 is 14.4 Å². The lowest BCUT2D eigenvalue weighted by Gasteiger charge is -2.31. The first kappa shape index (κ1) is 19.0. The number of carbonyl (C=O) groups is 1. The maximum Gasteiger partial charge on any atom is 0.274 e. The molecule has 0 bridgehead atoms. The average molecular weight is 417 g/mol. The van der Waals surface area contributed by atoms with Crippen molar-refractivity contribution in [2.24, 2.45) is 0 Å². The number of aryl methyl sites for hydroxylation is 1. The Morgan fingerprint density at radius 2 is 2.04 bits per heavy atom. The lowest BCUT2D eigenvalue weighted by molar-refractivity contribution is -0.135. The highest BCUT2D eigenvalue weighted by molar-refractivity contribution is 7.20. The third kappa shape index (κ3) is 4.39. The van der Waals surface area contributed by atoms with E-state index in [0.717, 1.165) is 34.4 Å². The van der Waals surface area contributed by atoms with Gasteiger partial charge in [0.2, 0.25) is 0 Å². The molecule has 146 valence electrons. The van der Waals surface area contributed by atoms with Gasteiger partial charge in [-0.1, -0.05) is 41.1 Å². The molecule has 4 rings (SSSR count). The molecule has 0 atom stereocenters. The second-order valence-electron chi connectivity index (χ2n) is 6.87. The minimum Gasteiger partial charge on any atom is -0.484 e. The van der Waals surface area contributed by atoms with Crippen LogP contribution in [0.3, 0.4) is 0 Å². The molecule has 2 heterocycles. The summed E-state index contributed by atoms with van der Waals surface area (Å²) in [5.74, 6) is 0.729. The van der Waals surface area contributed by atoms with Crippen LogP contribution in [0.5, 0.6) is 10.9 Å². The van der Waals surface area contributed by atoms with Crippen LogP contribution in [0.4, 0.5) is 0 Å². The van der Waals surface area contributed by atoms with Crippen LogP contribution < -0.4 is 9.47 Å². The van der Waals surface area contributed by atoms with E-state index in [2.05, 4.69) is 4.98 Å². The fourth-order valence-corrected chi connectivity index (χ4v) is 4.43. The van der Waals surface area contributed by atoms with Crippen LogP contribution in [-0.4, -0.2) is 41.6 Å². The number of amides is 1. The predicted molar refractivity (Wildman–Crippen MR) is 112 cm³/mol. The lowest BCUT2D eigenvalue weighted by atomic mass is 10.1. The first-order valence-electron chi connectivity index (χ1n) is 9.27. The summed E-state index contributed by atoms with van der Waals surface area (Å²) in [7, 11) is 0. The maximum atomic E-state index is 12.4. The number of benzene rings is 2. The Bertz CT molecular complexity index is 983. The molecule has 1 aliphatic heterocycles. The van der Waals surface area contributed by atoms with Gasteiger partial charge in [-0.25, -0.2) is 4.98 Å². The normalized spacial score (nSPS) is 15.0. The Labute approximate surface area is 172 Å². The zero-order valence-electron chi connectivity index (χ0n) is 15.6. The zero-order chi connectivity index (χ0) is 19.5. The average Bonchev–Trinajstić information content (AvgIpc) is 3.11. The van der Waals surface area contributed by atoms with Gasteiger partial charge in [0, 0.05) is 25.9 Å². The summed E-state index contributed by atoms with van der Waals surface area (Å²) in [5.41, 5.74) is 1.89. The first-order chi connectivity index (χ1) is 13.6. The molecule has 3 aromatic rings. The number of hydrogen-bond acceptors (Lipinski definition) is 5. The minimum atomic E-state index is 0.00623. The van der Waals surface area contributed by atoms with Crippen molar-refractivity contribution in [1.82, 2.24) is 9.88 Å². The molecule has 1 aromatic heterocycles. The van der Waals surface area contributed by atoms with E-state index in [4.69, 9.17) is 21.1 Å². The van der Waals surface area contributed by atoms with Crippen molar-refractivity contribution in [1.29, 1.82) is 0 Å². The molecule has 2 aromatic carbocycles. The number of fused-ring (bicyclic) bond motifs is 1. The molecule has 28 heavy (non-hydrogen) atoms. The zero-order valence-corrected chi connectivity index (χ0v) is 17.1. The van der Waals surface area contributed by atoms with Gasteiger partial charge >= 0.3 is 0 Å². The van der Waals surface area contributed by atoms with Gasteiger partial charge in [-0.2, -0.15) is 0 Å². The van der Waals surface area contributed by atoms with Crippen LogP contribution in [0.15, 0.2) is 42.5 Å². The maximum absolute atomic E-state index is 12.4. The van der Waals surface area contributed by atoms with Crippen molar-refractivity contribution >= 4 is 39.1 Å². The van der Waals surface area contributed by atoms with Crippen LogP contribution in [0.2, 0.25) is 5.02 Å². The quantitative estimate of drug-likeness (QED) is 0.604. The van der Waals surface area contributed by atoms with Crippen molar-refractivity contribution in [2.45, 2.75) is 25.9 Å². The molecular weight excluding hydrogens is 396 g/mol. The Morgan fingerprint density at radius 3 is 2.79 bits per heavy atom. The molecule has 1 fully saturated rings. The number of carbonyl (C=O) groups excluding carboxylic acids is 1. The highest BCUT2D eigenvalue weighted by atomic mass is 35.5. The second kappa shape index (κ2) is 8.37. The molecule has 0 spiro atoms. The van der Waals surface area contributed by atoms with Crippen molar-refractivity contribution in [3.63, 3.8) is 0 Å². The van der Waals surface area contributed by atoms with E-state index in [1.807, 2.05) is 54.3 Å². The van der Waals surface area contributed by atoms with E-state index < -0.39 is 0 Å². The van der Waals surface area contributed by atoms with Crippen LogP contribution >= 0.6 is 22.9 Å². The lowest BCUT2D eigenvalue weighted by Crippen LogP contribution is -2.43. The first-order valence-corrected chi connectivity index (χ1v) is 10.5. The number of likely N-dealkylation sites (tertiary alicyclic amines) is 1. The molecule has 7 heteroatoms. The molecule has 0 aliphatic carbocycles. The van der Waals surface area contributed by atoms with Gasteiger partial charge in [0.15, 0.2) is 6.61 Å². The minimum absolute atomic E-state index is 0.00623. The SMILES string of the molecule is Cc1cccc(OCC(=O)N2CCC(Oc3nc4c(Cl)cccc4s3)CC2)c1. The van der Waals surface area contributed by atoms with E-state index in [-0.39, 0.29) is 18.6 Å². The second-order valence-corrected chi connectivity index (χ2v) is 8.27.